The van der Waals surface area contributed by atoms with Gasteiger partial charge in [-0.15, -0.1) is 24.0 Å². The molecule has 2 N–H and O–H groups in total. The number of hydrogen-bond acceptors (Lipinski definition) is 4. The zero-order chi connectivity index (χ0) is 17.7. The summed E-state index contributed by atoms with van der Waals surface area (Å²) < 4.78 is 16.2. The highest BCUT2D eigenvalue weighted by Gasteiger charge is 2.15. The van der Waals surface area contributed by atoms with Crippen LogP contribution in [0.5, 0.6) is 5.75 Å². The molecule has 1 heterocycles. The molecule has 1 fully saturated rings. The minimum Gasteiger partial charge on any atom is -0.497 e. The smallest absolute Gasteiger partial charge is 0.191 e. The first kappa shape index (κ1) is 23.0. The third kappa shape index (κ3) is 9.05. The molecule has 0 aliphatic carbocycles. The maximum Gasteiger partial charge on any atom is 0.191 e. The van der Waals surface area contributed by atoms with Gasteiger partial charge in [0.15, 0.2) is 5.96 Å². The summed E-state index contributed by atoms with van der Waals surface area (Å²) in [4.78, 5) is 4.60. The Morgan fingerprint density at radius 2 is 2.08 bits per heavy atom. The van der Waals surface area contributed by atoms with Crippen LogP contribution < -0.4 is 15.4 Å². The van der Waals surface area contributed by atoms with Gasteiger partial charge in [0.05, 0.1) is 19.8 Å². The van der Waals surface area contributed by atoms with Crippen LogP contribution in [-0.4, -0.2) is 58.6 Å². The van der Waals surface area contributed by atoms with Crippen molar-refractivity contribution in [2.75, 3.05) is 46.6 Å². The van der Waals surface area contributed by atoms with Crippen molar-refractivity contribution >= 4 is 29.9 Å². The van der Waals surface area contributed by atoms with E-state index in [0.29, 0.717) is 0 Å². The largest absolute Gasteiger partial charge is 0.497 e. The molecule has 0 spiro atoms. The second-order valence-electron chi connectivity index (χ2n) is 6.00. The van der Waals surface area contributed by atoms with E-state index in [1.807, 2.05) is 12.1 Å². The normalized spacial score (nSPS) is 16.8. The van der Waals surface area contributed by atoms with E-state index >= 15 is 0 Å². The predicted octanol–water partition coefficient (Wildman–Crippen LogP) is 2.61. The van der Waals surface area contributed by atoms with Crippen LogP contribution >= 0.6 is 24.0 Å². The summed E-state index contributed by atoms with van der Waals surface area (Å²) in [5.74, 6) is 1.75. The highest BCUT2D eigenvalue weighted by atomic mass is 127. The van der Waals surface area contributed by atoms with Crippen molar-refractivity contribution < 1.29 is 14.2 Å². The summed E-state index contributed by atoms with van der Waals surface area (Å²) in [7, 11) is 1.68. The topological polar surface area (TPSA) is 64.1 Å². The van der Waals surface area contributed by atoms with Gasteiger partial charge in [0.1, 0.15) is 5.75 Å². The Balaban J connectivity index is 0.00000338. The molecule has 1 aliphatic heterocycles. The van der Waals surface area contributed by atoms with Crippen LogP contribution in [0, 0.1) is 0 Å². The average Bonchev–Trinajstić information content (AvgIpc) is 3.15. The predicted molar refractivity (Wildman–Crippen MR) is 116 cm³/mol. The van der Waals surface area contributed by atoms with Crippen molar-refractivity contribution in [3.8, 4) is 5.75 Å². The number of ether oxygens (including phenoxy) is 3. The third-order valence-corrected chi connectivity index (χ3v) is 4.02. The van der Waals surface area contributed by atoms with Gasteiger partial charge < -0.3 is 24.8 Å². The van der Waals surface area contributed by atoms with Crippen LogP contribution in [0.2, 0.25) is 0 Å². The monoisotopic (exact) mass is 477 g/mol. The Kier molecular flexibility index (Phi) is 12.4. The average molecular weight is 477 g/mol. The SMILES string of the molecule is CCNC(=NCCCOC1CCOC1)NCCc1ccc(OC)cc1.I. The first-order valence-electron chi connectivity index (χ1n) is 9.16. The quantitative estimate of drug-likeness (QED) is 0.235. The first-order chi connectivity index (χ1) is 12.3. The number of rotatable bonds is 10. The maximum atomic E-state index is 5.76. The number of methoxy groups -OCH3 is 1. The summed E-state index contributed by atoms with van der Waals surface area (Å²) in [6.07, 6.45) is 3.16. The number of hydrogen-bond donors (Lipinski definition) is 2. The Bertz CT molecular complexity index is 505. The van der Waals surface area contributed by atoms with Crippen molar-refractivity contribution in [2.24, 2.45) is 4.99 Å². The molecule has 1 aromatic rings. The van der Waals surface area contributed by atoms with Crippen LogP contribution in [0.15, 0.2) is 29.3 Å². The van der Waals surface area contributed by atoms with Crippen molar-refractivity contribution in [3.63, 3.8) is 0 Å². The fourth-order valence-corrected chi connectivity index (χ4v) is 2.61. The summed E-state index contributed by atoms with van der Waals surface area (Å²) in [6.45, 7) is 6.82. The minimum absolute atomic E-state index is 0. The molecule has 0 amide bonds. The summed E-state index contributed by atoms with van der Waals surface area (Å²) in [5.41, 5.74) is 1.27. The first-order valence-corrected chi connectivity index (χ1v) is 9.16. The second-order valence-corrected chi connectivity index (χ2v) is 6.00. The maximum absolute atomic E-state index is 5.76. The van der Waals surface area contributed by atoms with E-state index in [2.05, 4.69) is 34.7 Å². The van der Waals surface area contributed by atoms with Gasteiger partial charge >= 0.3 is 0 Å². The van der Waals surface area contributed by atoms with Crippen LogP contribution in [0.25, 0.3) is 0 Å². The van der Waals surface area contributed by atoms with E-state index in [1.54, 1.807) is 7.11 Å². The fraction of sp³-hybridized carbons (Fsp3) is 0.632. The Morgan fingerprint density at radius 1 is 1.27 bits per heavy atom. The van der Waals surface area contributed by atoms with Gasteiger partial charge in [0, 0.05) is 32.8 Å². The molecular formula is C19H32IN3O3. The molecule has 148 valence electrons. The Hall–Kier alpha value is -1.06. The molecule has 7 heteroatoms. The zero-order valence-electron chi connectivity index (χ0n) is 15.8. The molecular weight excluding hydrogens is 445 g/mol. The minimum atomic E-state index is 0. The third-order valence-electron chi connectivity index (χ3n) is 4.02. The fourth-order valence-electron chi connectivity index (χ4n) is 2.61. The lowest BCUT2D eigenvalue weighted by Crippen LogP contribution is -2.38. The molecule has 0 bridgehead atoms. The van der Waals surface area contributed by atoms with Gasteiger partial charge in [0.25, 0.3) is 0 Å². The molecule has 0 saturated carbocycles. The van der Waals surface area contributed by atoms with Gasteiger partial charge in [-0.1, -0.05) is 12.1 Å². The van der Waals surface area contributed by atoms with Crippen LogP contribution in [0.1, 0.15) is 25.3 Å². The number of nitrogens with one attached hydrogen (secondary N) is 2. The van der Waals surface area contributed by atoms with Crippen molar-refractivity contribution in [1.29, 1.82) is 0 Å². The van der Waals surface area contributed by atoms with E-state index in [9.17, 15) is 0 Å². The highest BCUT2D eigenvalue weighted by Crippen LogP contribution is 2.11. The molecule has 6 nitrogen and oxygen atoms in total. The lowest BCUT2D eigenvalue weighted by molar-refractivity contribution is 0.0424. The standard InChI is InChI=1S/C19H31N3O3.HI/c1-3-20-19(21-11-4-13-25-18-10-14-24-15-18)22-12-9-16-5-7-17(23-2)8-6-16;/h5-8,18H,3-4,9-15H2,1-2H3,(H2,20,21,22);1H. The van der Waals surface area contributed by atoms with Gasteiger partial charge in [-0.2, -0.15) is 0 Å². The van der Waals surface area contributed by atoms with Gasteiger partial charge in [-0.25, -0.2) is 0 Å². The summed E-state index contributed by atoms with van der Waals surface area (Å²) in [6, 6.07) is 8.16. The van der Waals surface area contributed by atoms with Crippen LogP contribution in [-0.2, 0) is 15.9 Å². The van der Waals surface area contributed by atoms with Crippen LogP contribution in [0.4, 0.5) is 0 Å². The van der Waals surface area contributed by atoms with Crippen molar-refractivity contribution in [1.82, 2.24) is 10.6 Å². The molecule has 26 heavy (non-hydrogen) atoms. The van der Waals surface area contributed by atoms with Gasteiger partial charge in [-0.3, -0.25) is 4.99 Å². The van der Waals surface area contributed by atoms with Gasteiger partial charge in [0.2, 0.25) is 0 Å². The van der Waals surface area contributed by atoms with E-state index in [4.69, 9.17) is 14.2 Å². The van der Waals surface area contributed by atoms with Crippen LogP contribution in [0.3, 0.4) is 0 Å². The van der Waals surface area contributed by atoms with E-state index in [1.165, 1.54) is 5.56 Å². The molecule has 0 aromatic heterocycles. The molecule has 1 saturated heterocycles. The number of aliphatic imine (C=N–C) groups is 1. The molecule has 1 aliphatic rings. The lowest BCUT2D eigenvalue weighted by atomic mass is 10.1. The van der Waals surface area contributed by atoms with Crippen molar-refractivity contribution in [3.05, 3.63) is 29.8 Å². The second kappa shape index (κ2) is 14.1. The molecule has 0 radical (unpaired) electrons. The zero-order valence-corrected chi connectivity index (χ0v) is 18.2. The highest BCUT2D eigenvalue weighted by molar-refractivity contribution is 14.0. The number of nitrogens with zero attached hydrogens (tertiary/aromatic N) is 1. The van der Waals surface area contributed by atoms with Crippen molar-refractivity contribution in [2.45, 2.75) is 32.3 Å². The Morgan fingerprint density at radius 3 is 2.73 bits per heavy atom. The molecule has 2 rings (SSSR count). The summed E-state index contributed by atoms with van der Waals surface area (Å²) in [5, 5.41) is 6.65. The molecule has 1 aromatic carbocycles. The van der Waals surface area contributed by atoms with E-state index < -0.39 is 0 Å². The Labute approximate surface area is 174 Å². The summed E-state index contributed by atoms with van der Waals surface area (Å²) >= 11 is 0. The number of guanidine groups is 1. The van der Waals surface area contributed by atoms with E-state index in [-0.39, 0.29) is 30.1 Å². The molecule has 1 unspecified atom stereocenters. The number of halogens is 1. The van der Waals surface area contributed by atoms with E-state index in [0.717, 1.165) is 70.4 Å². The lowest BCUT2D eigenvalue weighted by Gasteiger charge is -2.12. The van der Waals surface area contributed by atoms with Gasteiger partial charge in [-0.05, 0) is 43.9 Å². The molecule has 1 atom stereocenters. The number of benzene rings is 1.